The molecule has 0 fully saturated rings. The minimum absolute atomic E-state index is 0.0249. The number of ketones is 1. The molecule has 0 bridgehead atoms. The summed E-state index contributed by atoms with van der Waals surface area (Å²) >= 11 is 0. The van der Waals surface area contributed by atoms with Crippen LogP contribution in [0.15, 0.2) is 24.3 Å². The van der Waals surface area contributed by atoms with Gasteiger partial charge in [0, 0.05) is 12.0 Å². The van der Waals surface area contributed by atoms with Gasteiger partial charge in [-0.15, -0.1) is 0 Å². The van der Waals surface area contributed by atoms with Crippen molar-refractivity contribution in [3.8, 4) is 5.75 Å². The van der Waals surface area contributed by atoms with Gasteiger partial charge in [0.25, 0.3) is 0 Å². The molecule has 0 spiro atoms. The first-order valence-corrected chi connectivity index (χ1v) is 5.05. The number of para-hydroxylation sites is 1. The minimum atomic E-state index is -0.0249. The number of aliphatic hydroxyl groups excluding tert-OH is 1. The molecule has 0 aliphatic carbocycles. The fourth-order valence-electron chi connectivity index (χ4n) is 1.28. The molecule has 0 saturated heterocycles. The smallest absolute Gasteiger partial charge is 0.129 e. The fourth-order valence-corrected chi connectivity index (χ4v) is 1.28. The van der Waals surface area contributed by atoms with E-state index < -0.39 is 0 Å². The third-order valence-corrected chi connectivity index (χ3v) is 2.07. The van der Waals surface area contributed by atoms with Crippen LogP contribution in [0.2, 0.25) is 0 Å². The highest BCUT2D eigenvalue weighted by molar-refractivity contribution is 5.75. The Morgan fingerprint density at radius 1 is 1.40 bits per heavy atom. The van der Waals surface area contributed by atoms with Gasteiger partial charge < -0.3 is 14.6 Å². The van der Waals surface area contributed by atoms with Crippen LogP contribution in [0.4, 0.5) is 0 Å². The van der Waals surface area contributed by atoms with Gasteiger partial charge >= 0.3 is 0 Å². The van der Waals surface area contributed by atoms with Gasteiger partial charge in [0.2, 0.25) is 0 Å². The SMILES string of the molecule is CC(=O)CCCOc1ccccc1CO. The quantitative estimate of drug-likeness (QED) is 0.726. The summed E-state index contributed by atoms with van der Waals surface area (Å²) in [5, 5.41) is 9.03. The van der Waals surface area contributed by atoms with Crippen molar-refractivity contribution < 1.29 is 14.6 Å². The first-order chi connectivity index (χ1) is 7.24. The number of hydrogen-bond donors (Lipinski definition) is 1. The molecule has 0 radical (unpaired) electrons. The first-order valence-electron chi connectivity index (χ1n) is 5.05. The second-order valence-corrected chi connectivity index (χ2v) is 3.42. The molecule has 82 valence electrons. The molecule has 0 aliphatic heterocycles. The zero-order valence-corrected chi connectivity index (χ0v) is 8.90. The Labute approximate surface area is 89.7 Å². The molecule has 0 amide bonds. The highest BCUT2D eigenvalue weighted by Gasteiger charge is 2.01. The van der Waals surface area contributed by atoms with Crippen LogP contribution in [-0.2, 0) is 11.4 Å². The van der Waals surface area contributed by atoms with Gasteiger partial charge in [-0.2, -0.15) is 0 Å². The zero-order chi connectivity index (χ0) is 11.1. The number of aliphatic hydroxyl groups is 1. The second kappa shape index (κ2) is 6.19. The summed E-state index contributed by atoms with van der Waals surface area (Å²) in [5.41, 5.74) is 0.778. The number of carbonyl (C=O) groups excluding carboxylic acids is 1. The summed E-state index contributed by atoms with van der Waals surface area (Å²) in [4.78, 5) is 10.7. The lowest BCUT2D eigenvalue weighted by Crippen LogP contribution is -2.02. The number of Topliss-reactive ketones (excluding diaryl/α,β-unsaturated/α-hetero) is 1. The molecule has 0 unspecified atom stereocenters. The zero-order valence-electron chi connectivity index (χ0n) is 8.90. The van der Waals surface area contributed by atoms with E-state index in [4.69, 9.17) is 9.84 Å². The summed E-state index contributed by atoms with van der Waals surface area (Å²) in [5.74, 6) is 0.873. The van der Waals surface area contributed by atoms with Crippen molar-refractivity contribution in [2.24, 2.45) is 0 Å². The molecule has 0 aliphatic rings. The predicted octanol–water partition coefficient (Wildman–Crippen LogP) is 1.93. The number of hydrogen-bond acceptors (Lipinski definition) is 3. The molecule has 1 aromatic carbocycles. The van der Waals surface area contributed by atoms with Crippen molar-refractivity contribution in [2.75, 3.05) is 6.61 Å². The van der Waals surface area contributed by atoms with Crippen LogP contribution < -0.4 is 4.74 Å². The van der Waals surface area contributed by atoms with Crippen LogP contribution in [-0.4, -0.2) is 17.5 Å². The Kier molecular flexibility index (Phi) is 4.84. The van der Waals surface area contributed by atoms with E-state index in [-0.39, 0.29) is 12.4 Å². The minimum Gasteiger partial charge on any atom is -0.493 e. The van der Waals surface area contributed by atoms with Crippen molar-refractivity contribution in [2.45, 2.75) is 26.4 Å². The maximum absolute atomic E-state index is 10.7. The van der Waals surface area contributed by atoms with E-state index >= 15 is 0 Å². The van der Waals surface area contributed by atoms with Gasteiger partial charge in [-0.25, -0.2) is 0 Å². The lowest BCUT2D eigenvalue weighted by atomic mass is 10.2. The van der Waals surface area contributed by atoms with Gasteiger partial charge in [0.1, 0.15) is 11.5 Å². The molecule has 3 heteroatoms. The molecule has 1 rings (SSSR count). The molecule has 1 N–H and O–H groups in total. The molecule has 0 saturated carbocycles. The monoisotopic (exact) mass is 208 g/mol. The van der Waals surface area contributed by atoms with Crippen molar-refractivity contribution in [3.05, 3.63) is 29.8 Å². The maximum atomic E-state index is 10.7. The summed E-state index contributed by atoms with van der Waals surface area (Å²) in [6, 6.07) is 7.35. The van der Waals surface area contributed by atoms with Gasteiger partial charge in [-0.3, -0.25) is 0 Å². The third-order valence-electron chi connectivity index (χ3n) is 2.07. The van der Waals surface area contributed by atoms with Crippen molar-refractivity contribution >= 4 is 5.78 Å². The highest BCUT2D eigenvalue weighted by atomic mass is 16.5. The Bertz CT molecular complexity index is 320. The standard InChI is InChI=1S/C12H16O3/c1-10(14)5-4-8-15-12-7-3-2-6-11(12)9-13/h2-3,6-7,13H,4-5,8-9H2,1H3. The van der Waals surface area contributed by atoms with E-state index in [9.17, 15) is 4.79 Å². The number of rotatable bonds is 6. The summed E-state index contributed by atoms with van der Waals surface area (Å²) in [6.07, 6.45) is 1.26. The maximum Gasteiger partial charge on any atom is 0.129 e. The van der Waals surface area contributed by atoms with Crippen LogP contribution >= 0.6 is 0 Å². The highest BCUT2D eigenvalue weighted by Crippen LogP contribution is 2.17. The van der Waals surface area contributed by atoms with E-state index in [1.54, 1.807) is 6.92 Å². The molecule has 1 aromatic rings. The Morgan fingerprint density at radius 2 is 2.13 bits per heavy atom. The van der Waals surface area contributed by atoms with Gasteiger partial charge in [-0.05, 0) is 19.4 Å². The van der Waals surface area contributed by atoms with Gasteiger partial charge in [0.05, 0.1) is 13.2 Å². The number of benzene rings is 1. The molecule has 15 heavy (non-hydrogen) atoms. The Hall–Kier alpha value is -1.35. The average Bonchev–Trinajstić information content (AvgIpc) is 2.24. The first kappa shape index (κ1) is 11.7. The van der Waals surface area contributed by atoms with E-state index in [0.717, 1.165) is 12.0 Å². The molecular formula is C12H16O3. The molecular weight excluding hydrogens is 192 g/mol. The van der Waals surface area contributed by atoms with Crippen LogP contribution in [0, 0.1) is 0 Å². The van der Waals surface area contributed by atoms with E-state index in [0.29, 0.717) is 18.8 Å². The molecule has 3 nitrogen and oxygen atoms in total. The summed E-state index contributed by atoms with van der Waals surface area (Å²) in [7, 11) is 0. The normalized spacial score (nSPS) is 10.0. The fraction of sp³-hybridized carbons (Fsp3) is 0.417. The largest absolute Gasteiger partial charge is 0.493 e. The van der Waals surface area contributed by atoms with Crippen molar-refractivity contribution in [1.29, 1.82) is 0 Å². The summed E-state index contributed by atoms with van der Waals surface area (Å²) < 4.78 is 5.47. The topological polar surface area (TPSA) is 46.5 Å². The number of carbonyl (C=O) groups is 1. The van der Waals surface area contributed by atoms with E-state index in [1.165, 1.54) is 0 Å². The average molecular weight is 208 g/mol. The predicted molar refractivity (Wildman–Crippen MR) is 57.8 cm³/mol. The summed E-state index contributed by atoms with van der Waals surface area (Å²) in [6.45, 7) is 2.06. The van der Waals surface area contributed by atoms with Crippen LogP contribution in [0.1, 0.15) is 25.3 Å². The van der Waals surface area contributed by atoms with Crippen LogP contribution in [0.5, 0.6) is 5.75 Å². The van der Waals surface area contributed by atoms with Gasteiger partial charge in [0.15, 0.2) is 0 Å². The Balaban J connectivity index is 2.39. The molecule has 0 atom stereocenters. The van der Waals surface area contributed by atoms with Crippen LogP contribution in [0.25, 0.3) is 0 Å². The number of ether oxygens (including phenoxy) is 1. The second-order valence-electron chi connectivity index (χ2n) is 3.42. The van der Waals surface area contributed by atoms with Gasteiger partial charge in [-0.1, -0.05) is 18.2 Å². The van der Waals surface area contributed by atoms with Crippen molar-refractivity contribution in [3.63, 3.8) is 0 Å². The lowest BCUT2D eigenvalue weighted by molar-refractivity contribution is -0.117. The van der Waals surface area contributed by atoms with E-state index in [2.05, 4.69) is 0 Å². The van der Waals surface area contributed by atoms with Crippen LogP contribution in [0.3, 0.4) is 0 Å². The lowest BCUT2D eigenvalue weighted by Gasteiger charge is -2.08. The molecule has 0 heterocycles. The van der Waals surface area contributed by atoms with E-state index in [1.807, 2.05) is 24.3 Å². The molecule has 0 aromatic heterocycles. The third kappa shape index (κ3) is 4.13. The van der Waals surface area contributed by atoms with Crippen molar-refractivity contribution in [1.82, 2.24) is 0 Å². The Morgan fingerprint density at radius 3 is 2.80 bits per heavy atom.